The molecular weight excluding hydrogens is 176 g/mol. The number of hydrogen-bond donors (Lipinski definition) is 2. The highest BCUT2D eigenvalue weighted by Gasteiger charge is 2.22. The van der Waals surface area contributed by atoms with Crippen LogP contribution in [0.2, 0.25) is 0 Å². The van der Waals surface area contributed by atoms with Crippen molar-refractivity contribution >= 4 is 16.7 Å². The Morgan fingerprint density at radius 3 is 2.25 bits per heavy atom. The van der Waals surface area contributed by atoms with Crippen molar-refractivity contribution < 1.29 is 9.00 Å². The third-order valence-corrected chi connectivity index (χ3v) is 3.36. The van der Waals surface area contributed by atoms with Gasteiger partial charge >= 0.3 is 0 Å². The Morgan fingerprint density at radius 1 is 1.58 bits per heavy atom. The summed E-state index contributed by atoms with van der Waals surface area (Å²) in [6, 6.07) is 0. The molecule has 0 aliphatic heterocycles. The highest BCUT2D eigenvalue weighted by atomic mass is 32.2. The lowest BCUT2D eigenvalue weighted by Gasteiger charge is -2.19. The largest absolute Gasteiger partial charge is 0.369 e. The summed E-state index contributed by atoms with van der Waals surface area (Å²) < 4.78 is 11.3. The molecule has 2 atom stereocenters. The lowest BCUT2D eigenvalue weighted by Crippen LogP contribution is -2.42. The van der Waals surface area contributed by atoms with Gasteiger partial charge in [0.05, 0.1) is 0 Å². The number of primary amides is 1. The summed E-state index contributed by atoms with van der Waals surface area (Å²) in [5.74, 6) is -0.255. The third kappa shape index (κ3) is 4.46. The Hall–Kier alpha value is -0.420. The molecule has 0 heterocycles. The molecule has 0 fully saturated rings. The fourth-order valence-corrected chi connectivity index (χ4v) is 1.86. The van der Waals surface area contributed by atoms with Crippen LogP contribution in [0, 0.1) is 0 Å². The second-order valence-electron chi connectivity index (χ2n) is 3.56. The van der Waals surface area contributed by atoms with Gasteiger partial charge in [-0.3, -0.25) is 9.00 Å². The molecule has 1 amide bonds. The molecule has 0 spiro atoms. The smallest absolute Gasteiger partial charge is 0.232 e. The number of nitrogens with two attached hydrogens (primary N) is 2. The van der Waals surface area contributed by atoms with E-state index in [4.69, 9.17) is 11.5 Å². The van der Waals surface area contributed by atoms with Gasteiger partial charge in [0.15, 0.2) is 0 Å². The normalized spacial score (nSPS) is 17.0. The second kappa shape index (κ2) is 4.00. The molecule has 0 aromatic carbocycles. The molecule has 0 aromatic rings. The van der Waals surface area contributed by atoms with Crippen molar-refractivity contribution in [1.82, 2.24) is 0 Å². The molecule has 0 rings (SSSR count). The maximum absolute atomic E-state index is 11.3. The zero-order valence-corrected chi connectivity index (χ0v) is 8.48. The predicted octanol–water partition coefficient (Wildman–Crippen LogP) is -0.654. The maximum atomic E-state index is 11.3. The molecule has 0 saturated heterocycles. The van der Waals surface area contributed by atoms with E-state index in [9.17, 15) is 9.00 Å². The Kier molecular flexibility index (Phi) is 3.86. The highest BCUT2D eigenvalue weighted by molar-refractivity contribution is 7.86. The second-order valence-corrected chi connectivity index (χ2v) is 5.32. The van der Waals surface area contributed by atoms with Crippen molar-refractivity contribution in [3.8, 4) is 0 Å². The Labute approximate surface area is 75.1 Å². The minimum absolute atomic E-state index is 0.289. The molecule has 2 unspecified atom stereocenters. The van der Waals surface area contributed by atoms with E-state index in [2.05, 4.69) is 0 Å². The van der Waals surface area contributed by atoms with Crippen molar-refractivity contribution in [2.75, 3.05) is 5.75 Å². The van der Waals surface area contributed by atoms with E-state index in [0.29, 0.717) is 0 Å². The van der Waals surface area contributed by atoms with Gasteiger partial charge in [-0.1, -0.05) is 0 Å². The fraction of sp³-hybridized carbons (Fsp3) is 0.857. The van der Waals surface area contributed by atoms with E-state index in [-0.39, 0.29) is 5.75 Å². The van der Waals surface area contributed by atoms with Crippen LogP contribution in [0.4, 0.5) is 0 Å². The number of hydrogen-bond acceptors (Lipinski definition) is 3. The SMILES string of the molecule is CC(C(N)=O)S(=O)CC(C)(C)N. The summed E-state index contributed by atoms with van der Waals surface area (Å²) in [5.41, 5.74) is 10.1. The lowest BCUT2D eigenvalue weighted by atomic mass is 10.1. The van der Waals surface area contributed by atoms with E-state index in [0.717, 1.165) is 0 Å². The first-order valence-corrected chi connectivity index (χ1v) is 5.07. The van der Waals surface area contributed by atoms with Crippen molar-refractivity contribution in [2.45, 2.75) is 31.6 Å². The molecule has 0 aliphatic rings. The van der Waals surface area contributed by atoms with Crippen LogP contribution in [0.15, 0.2) is 0 Å². The quantitative estimate of drug-likeness (QED) is 0.620. The molecule has 0 aromatic heterocycles. The lowest BCUT2D eigenvalue weighted by molar-refractivity contribution is -0.117. The van der Waals surface area contributed by atoms with Crippen molar-refractivity contribution in [2.24, 2.45) is 11.5 Å². The Morgan fingerprint density at radius 2 is 2.00 bits per heavy atom. The predicted molar refractivity (Wildman–Crippen MR) is 49.9 cm³/mol. The molecule has 0 saturated carbocycles. The number of amides is 1. The van der Waals surface area contributed by atoms with Gasteiger partial charge in [-0.25, -0.2) is 0 Å². The molecule has 0 aliphatic carbocycles. The topological polar surface area (TPSA) is 86.2 Å². The summed E-state index contributed by atoms with van der Waals surface area (Å²) in [7, 11) is -1.26. The summed E-state index contributed by atoms with van der Waals surface area (Å²) in [6.07, 6.45) is 0. The van der Waals surface area contributed by atoms with Crippen LogP contribution in [-0.2, 0) is 15.6 Å². The van der Waals surface area contributed by atoms with Gasteiger partial charge in [0, 0.05) is 22.1 Å². The summed E-state index contributed by atoms with van der Waals surface area (Å²) in [6.45, 7) is 5.07. The van der Waals surface area contributed by atoms with Crippen LogP contribution in [0.1, 0.15) is 20.8 Å². The van der Waals surface area contributed by atoms with Gasteiger partial charge in [-0.05, 0) is 20.8 Å². The summed E-state index contributed by atoms with van der Waals surface area (Å²) in [4.78, 5) is 10.6. The van der Waals surface area contributed by atoms with E-state index < -0.39 is 27.5 Å². The minimum atomic E-state index is -1.26. The minimum Gasteiger partial charge on any atom is -0.369 e. The molecule has 72 valence electrons. The van der Waals surface area contributed by atoms with Gasteiger partial charge in [0.25, 0.3) is 0 Å². The van der Waals surface area contributed by atoms with E-state index in [1.807, 2.05) is 0 Å². The monoisotopic (exact) mass is 192 g/mol. The first-order chi connectivity index (χ1) is 5.24. The standard InChI is InChI=1S/C7H16N2O2S/c1-5(6(8)10)12(11)4-7(2,3)9/h5H,4,9H2,1-3H3,(H2,8,10). The van der Waals surface area contributed by atoms with Gasteiger partial charge < -0.3 is 11.5 Å². The van der Waals surface area contributed by atoms with Crippen molar-refractivity contribution in [3.63, 3.8) is 0 Å². The molecule has 5 heteroatoms. The van der Waals surface area contributed by atoms with Crippen LogP contribution in [-0.4, -0.2) is 26.7 Å². The molecular formula is C7H16N2O2S. The first kappa shape index (κ1) is 11.6. The number of carbonyl (C=O) groups is 1. The molecule has 12 heavy (non-hydrogen) atoms. The van der Waals surface area contributed by atoms with Crippen molar-refractivity contribution in [3.05, 3.63) is 0 Å². The van der Waals surface area contributed by atoms with Crippen molar-refractivity contribution in [1.29, 1.82) is 0 Å². The van der Waals surface area contributed by atoms with Crippen LogP contribution in [0.5, 0.6) is 0 Å². The van der Waals surface area contributed by atoms with Gasteiger partial charge in [0.1, 0.15) is 5.25 Å². The van der Waals surface area contributed by atoms with Crippen LogP contribution < -0.4 is 11.5 Å². The Balaban J connectivity index is 4.15. The van der Waals surface area contributed by atoms with Crippen LogP contribution in [0.25, 0.3) is 0 Å². The summed E-state index contributed by atoms with van der Waals surface area (Å²) in [5, 5.41) is -0.618. The summed E-state index contributed by atoms with van der Waals surface area (Å²) >= 11 is 0. The van der Waals surface area contributed by atoms with Gasteiger partial charge in [-0.15, -0.1) is 0 Å². The van der Waals surface area contributed by atoms with Gasteiger partial charge in [-0.2, -0.15) is 0 Å². The van der Waals surface area contributed by atoms with E-state index >= 15 is 0 Å². The Bertz CT molecular complexity index is 198. The van der Waals surface area contributed by atoms with Gasteiger partial charge in [0.2, 0.25) is 5.91 Å². The molecule has 4 nitrogen and oxygen atoms in total. The molecule has 4 N–H and O–H groups in total. The average Bonchev–Trinajstić information content (AvgIpc) is 1.82. The maximum Gasteiger partial charge on any atom is 0.232 e. The molecule has 0 radical (unpaired) electrons. The third-order valence-electron chi connectivity index (χ3n) is 1.31. The van der Waals surface area contributed by atoms with Crippen LogP contribution in [0.3, 0.4) is 0 Å². The van der Waals surface area contributed by atoms with E-state index in [1.165, 1.54) is 0 Å². The first-order valence-electron chi connectivity index (χ1n) is 3.69. The van der Waals surface area contributed by atoms with Crippen LogP contribution >= 0.6 is 0 Å². The average molecular weight is 192 g/mol. The zero-order valence-electron chi connectivity index (χ0n) is 7.66. The van der Waals surface area contributed by atoms with E-state index in [1.54, 1.807) is 20.8 Å². The zero-order chi connectivity index (χ0) is 9.94. The highest BCUT2D eigenvalue weighted by Crippen LogP contribution is 2.04. The number of rotatable bonds is 4. The fourth-order valence-electron chi connectivity index (χ4n) is 0.621. The number of carbonyl (C=O) groups excluding carboxylic acids is 1. The molecule has 0 bridgehead atoms.